The molecule has 4 nitrogen and oxygen atoms in total. The largest absolute Gasteiger partial charge is 0.244 e. The average Bonchev–Trinajstić information content (AvgIpc) is 2.29. The highest BCUT2D eigenvalue weighted by Gasteiger charge is 2.09. The fourth-order valence-corrected chi connectivity index (χ4v) is 2.48. The van der Waals surface area contributed by atoms with Gasteiger partial charge in [0.25, 0.3) is 0 Å². The second-order valence-electron chi connectivity index (χ2n) is 3.98. The lowest BCUT2D eigenvalue weighted by atomic mass is 10.2. The third kappa shape index (κ3) is 6.41. The summed E-state index contributed by atoms with van der Waals surface area (Å²) in [7, 11) is -3.28. The van der Waals surface area contributed by atoms with E-state index in [-0.39, 0.29) is 5.75 Å². The van der Waals surface area contributed by atoms with Crippen LogP contribution in [0.1, 0.15) is 31.7 Å². The minimum Gasteiger partial charge on any atom is -0.244 e. The molecule has 0 aliphatic rings. The molecule has 0 saturated carbocycles. The Hall–Kier alpha value is -0.910. The number of unbranched alkanes of at least 4 members (excludes halogenated alkanes) is 2. The molecule has 0 aliphatic heterocycles. The summed E-state index contributed by atoms with van der Waals surface area (Å²) in [5.41, 5.74) is 3.53. The molecule has 0 heterocycles. The highest BCUT2D eigenvalue weighted by molar-refractivity contribution is 7.88. The second-order valence-corrected chi connectivity index (χ2v) is 5.70. The summed E-state index contributed by atoms with van der Waals surface area (Å²) in [6.07, 6.45) is 3.20. The van der Waals surface area contributed by atoms with Gasteiger partial charge in [-0.3, -0.25) is 0 Å². The van der Waals surface area contributed by atoms with Crippen molar-refractivity contribution < 1.29 is 8.42 Å². The lowest BCUT2D eigenvalue weighted by Crippen LogP contribution is -2.38. The topological polar surface area (TPSA) is 58.2 Å². The molecule has 1 aromatic carbocycles. The smallest absolute Gasteiger partial charge is 0.228 e. The monoisotopic (exact) mass is 256 g/mol. The number of rotatable bonds is 8. The lowest BCUT2D eigenvalue weighted by molar-refractivity contribution is 0.543. The zero-order valence-corrected chi connectivity index (χ0v) is 11.0. The van der Waals surface area contributed by atoms with E-state index in [4.69, 9.17) is 0 Å². The molecule has 0 unspecified atom stereocenters. The predicted octanol–water partition coefficient (Wildman–Crippen LogP) is 1.80. The summed E-state index contributed by atoms with van der Waals surface area (Å²) in [5.74, 6) is 0.00855. The minimum absolute atomic E-state index is 0.00855. The summed E-state index contributed by atoms with van der Waals surface area (Å²) in [6, 6.07) is 9.14. The van der Waals surface area contributed by atoms with Crippen LogP contribution in [0.5, 0.6) is 0 Å². The Balaban J connectivity index is 2.32. The van der Waals surface area contributed by atoms with Crippen molar-refractivity contribution in [2.45, 2.75) is 31.9 Å². The van der Waals surface area contributed by atoms with Gasteiger partial charge in [-0.1, -0.05) is 50.1 Å². The maximum absolute atomic E-state index is 11.7. The second kappa shape index (κ2) is 7.42. The number of nitrogens with one attached hydrogen (secondary N) is 2. The van der Waals surface area contributed by atoms with Gasteiger partial charge >= 0.3 is 0 Å². The Morgan fingerprint density at radius 2 is 1.82 bits per heavy atom. The number of hydrogen-bond acceptors (Lipinski definition) is 3. The Bertz CT molecular complexity index is 404. The summed E-state index contributed by atoms with van der Waals surface area (Å²) in [5, 5.41) is 0. The maximum Gasteiger partial charge on any atom is 0.228 e. The van der Waals surface area contributed by atoms with Crippen LogP contribution in [0.4, 0.5) is 0 Å². The van der Waals surface area contributed by atoms with Crippen LogP contribution in [0.25, 0.3) is 0 Å². The van der Waals surface area contributed by atoms with E-state index in [1.165, 1.54) is 0 Å². The van der Waals surface area contributed by atoms with Crippen molar-refractivity contribution in [3.05, 3.63) is 35.9 Å². The summed E-state index contributed by atoms with van der Waals surface area (Å²) < 4.78 is 23.3. The Labute approximate surface area is 103 Å². The predicted molar refractivity (Wildman–Crippen MR) is 69.7 cm³/mol. The first-order chi connectivity index (χ1) is 8.14. The fraction of sp³-hybridized carbons (Fsp3) is 0.500. The Kier molecular flexibility index (Phi) is 6.18. The molecule has 0 radical (unpaired) electrons. The van der Waals surface area contributed by atoms with Crippen molar-refractivity contribution in [1.29, 1.82) is 0 Å². The highest BCUT2D eigenvalue weighted by atomic mass is 32.2. The minimum atomic E-state index is -3.28. The normalized spacial score (nSPS) is 11.6. The van der Waals surface area contributed by atoms with Crippen LogP contribution in [0.15, 0.2) is 30.3 Å². The Morgan fingerprint density at radius 1 is 1.12 bits per heavy atom. The van der Waals surface area contributed by atoms with Crippen LogP contribution >= 0.6 is 0 Å². The van der Waals surface area contributed by atoms with Crippen LogP contribution in [0.3, 0.4) is 0 Å². The third-order valence-electron chi connectivity index (χ3n) is 2.33. The average molecular weight is 256 g/mol. The molecule has 0 saturated heterocycles. The first kappa shape index (κ1) is 14.2. The molecule has 2 N–H and O–H groups in total. The maximum atomic E-state index is 11.7. The zero-order valence-electron chi connectivity index (χ0n) is 10.1. The molecule has 96 valence electrons. The van der Waals surface area contributed by atoms with Gasteiger partial charge in [0, 0.05) is 6.54 Å². The molecule has 1 rings (SSSR count). The summed E-state index contributed by atoms with van der Waals surface area (Å²) in [6.45, 7) is 2.78. The third-order valence-corrected chi connectivity index (χ3v) is 3.50. The van der Waals surface area contributed by atoms with Crippen LogP contribution in [0.2, 0.25) is 0 Å². The zero-order chi connectivity index (χ0) is 12.6. The van der Waals surface area contributed by atoms with Crippen molar-refractivity contribution in [3.63, 3.8) is 0 Å². The number of hydrazine groups is 1. The highest BCUT2D eigenvalue weighted by Crippen LogP contribution is 2.03. The SMILES string of the molecule is CCCCCNNS(=O)(=O)Cc1ccccc1. The van der Waals surface area contributed by atoms with Gasteiger partial charge in [0.15, 0.2) is 0 Å². The molecule has 1 aromatic rings. The van der Waals surface area contributed by atoms with Crippen molar-refractivity contribution >= 4 is 10.0 Å². The van der Waals surface area contributed by atoms with E-state index in [0.717, 1.165) is 24.8 Å². The van der Waals surface area contributed by atoms with Crippen LogP contribution in [-0.2, 0) is 15.8 Å². The van der Waals surface area contributed by atoms with Crippen LogP contribution in [-0.4, -0.2) is 15.0 Å². The molecule has 5 heteroatoms. The molecule has 0 amide bonds. The van der Waals surface area contributed by atoms with E-state index >= 15 is 0 Å². The van der Waals surface area contributed by atoms with E-state index in [1.807, 2.05) is 18.2 Å². The first-order valence-corrected chi connectivity index (χ1v) is 7.55. The first-order valence-electron chi connectivity index (χ1n) is 5.90. The Morgan fingerprint density at radius 3 is 2.47 bits per heavy atom. The summed E-state index contributed by atoms with van der Waals surface area (Å²) >= 11 is 0. The van der Waals surface area contributed by atoms with E-state index in [9.17, 15) is 8.42 Å². The van der Waals surface area contributed by atoms with Gasteiger partial charge < -0.3 is 0 Å². The van der Waals surface area contributed by atoms with E-state index < -0.39 is 10.0 Å². The lowest BCUT2D eigenvalue weighted by Gasteiger charge is -2.07. The van der Waals surface area contributed by atoms with E-state index in [1.54, 1.807) is 12.1 Å². The van der Waals surface area contributed by atoms with E-state index in [0.29, 0.717) is 6.54 Å². The number of sulfonamides is 1. The summed E-state index contributed by atoms with van der Waals surface area (Å²) in [4.78, 5) is 2.39. The molecular weight excluding hydrogens is 236 g/mol. The van der Waals surface area contributed by atoms with Gasteiger partial charge in [-0.05, 0) is 12.0 Å². The molecular formula is C12H20N2O2S. The van der Waals surface area contributed by atoms with E-state index in [2.05, 4.69) is 17.2 Å². The standard InChI is InChI=1S/C12H20N2O2S/c1-2-3-7-10-13-14-17(15,16)11-12-8-5-4-6-9-12/h4-6,8-9,13-14H,2-3,7,10-11H2,1H3. The molecule has 0 aliphatic carbocycles. The van der Waals surface area contributed by atoms with Crippen molar-refractivity contribution in [3.8, 4) is 0 Å². The van der Waals surface area contributed by atoms with Gasteiger partial charge in [0.1, 0.15) is 0 Å². The van der Waals surface area contributed by atoms with Gasteiger partial charge in [0.05, 0.1) is 5.75 Å². The fourth-order valence-electron chi connectivity index (χ4n) is 1.45. The van der Waals surface area contributed by atoms with Crippen LogP contribution in [0, 0.1) is 0 Å². The molecule has 0 spiro atoms. The molecule has 0 aromatic heterocycles. The van der Waals surface area contributed by atoms with Gasteiger partial charge in [-0.15, -0.1) is 0 Å². The molecule has 0 bridgehead atoms. The number of benzene rings is 1. The molecule has 0 atom stereocenters. The molecule has 0 fully saturated rings. The van der Waals surface area contributed by atoms with Crippen molar-refractivity contribution in [2.24, 2.45) is 0 Å². The van der Waals surface area contributed by atoms with Gasteiger partial charge in [-0.25, -0.2) is 13.8 Å². The van der Waals surface area contributed by atoms with Crippen LogP contribution < -0.4 is 10.3 Å². The van der Waals surface area contributed by atoms with Crippen molar-refractivity contribution in [1.82, 2.24) is 10.3 Å². The number of hydrogen-bond donors (Lipinski definition) is 2. The molecule has 17 heavy (non-hydrogen) atoms. The van der Waals surface area contributed by atoms with Crippen molar-refractivity contribution in [2.75, 3.05) is 6.54 Å². The quantitative estimate of drug-likeness (QED) is 0.551. The van der Waals surface area contributed by atoms with Gasteiger partial charge in [0.2, 0.25) is 10.0 Å². The van der Waals surface area contributed by atoms with Gasteiger partial charge in [-0.2, -0.15) is 4.83 Å².